The quantitative estimate of drug-likeness (QED) is 0.753. The molecule has 0 aliphatic rings. The standard InChI is InChI=1S/C9H10N4O/c1-9(2,6-10)8(14)12-7-4-3-5-11-13-7/h3-5H,1-2H3,(H,12,13,14). The van der Waals surface area contributed by atoms with Crippen LogP contribution < -0.4 is 5.32 Å². The summed E-state index contributed by atoms with van der Waals surface area (Å²) in [6, 6.07) is 5.17. The number of hydrogen-bond donors (Lipinski definition) is 1. The lowest BCUT2D eigenvalue weighted by Crippen LogP contribution is -2.29. The molecule has 5 heteroatoms. The van der Waals surface area contributed by atoms with Gasteiger partial charge in [0.1, 0.15) is 5.41 Å². The average Bonchev–Trinajstić information content (AvgIpc) is 2.19. The molecule has 0 saturated heterocycles. The highest BCUT2D eigenvalue weighted by Gasteiger charge is 2.27. The van der Waals surface area contributed by atoms with Crippen molar-refractivity contribution in [2.24, 2.45) is 5.41 Å². The van der Waals surface area contributed by atoms with Crippen LogP contribution in [0.15, 0.2) is 18.3 Å². The van der Waals surface area contributed by atoms with Crippen LogP contribution in [0.3, 0.4) is 0 Å². The van der Waals surface area contributed by atoms with Crippen molar-refractivity contribution in [2.45, 2.75) is 13.8 Å². The maximum absolute atomic E-state index is 11.5. The third kappa shape index (κ3) is 2.26. The topological polar surface area (TPSA) is 78.7 Å². The molecule has 0 saturated carbocycles. The lowest BCUT2D eigenvalue weighted by Gasteiger charge is -2.13. The van der Waals surface area contributed by atoms with E-state index in [2.05, 4.69) is 15.5 Å². The highest BCUT2D eigenvalue weighted by Crippen LogP contribution is 2.15. The van der Waals surface area contributed by atoms with Crippen molar-refractivity contribution in [3.63, 3.8) is 0 Å². The van der Waals surface area contributed by atoms with Crippen molar-refractivity contribution in [3.8, 4) is 6.07 Å². The predicted molar refractivity (Wildman–Crippen MR) is 50.1 cm³/mol. The number of carbonyl (C=O) groups is 1. The van der Waals surface area contributed by atoms with Gasteiger partial charge in [0.05, 0.1) is 6.07 Å². The van der Waals surface area contributed by atoms with Crippen molar-refractivity contribution in [1.29, 1.82) is 5.26 Å². The third-order valence-electron chi connectivity index (χ3n) is 1.66. The van der Waals surface area contributed by atoms with E-state index >= 15 is 0 Å². The predicted octanol–water partition coefficient (Wildman–Crippen LogP) is 0.965. The Kier molecular flexibility index (Phi) is 2.77. The van der Waals surface area contributed by atoms with Crippen molar-refractivity contribution in [2.75, 3.05) is 5.32 Å². The normalized spacial score (nSPS) is 10.4. The largest absolute Gasteiger partial charge is 0.308 e. The fourth-order valence-electron chi connectivity index (χ4n) is 0.692. The summed E-state index contributed by atoms with van der Waals surface area (Å²) in [4.78, 5) is 11.5. The van der Waals surface area contributed by atoms with Crippen LogP contribution in [0, 0.1) is 16.7 Å². The molecular formula is C9H10N4O. The Morgan fingerprint density at radius 1 is 1.64 bits per heavy atom. The van der Waals surface area contributed by atoms with Crippen molar-refractivity contribution in [1.82, 2.24) is 10.2 Å². The summed E-state index contributed by atoms with van der Waals surface area (Å²) in [5.41, 5.74) is -1.06. The van der Waals surface area contributed by atoms with Crippen molar-refractivity contribution >= 4 is 11.7 Å². The summed E-state index contributed by atoms with van der Waals surface area (Å²) >= 11 is 0. The van der Waals surface area contributed by atoms with E-state index in [1.807, 2.05) is 6.07 Å². The molecule has 0 unspecified atom stereocenters. The maximum Gasteiger partial charge on any atom is 0.245 e. The lowest BCUT2D eigenvalue weighted by molar-refractivity contribution is -0.121. The Morgan fingerprint density at radius 3 is 2.86 bits per heavy atom. The number of amides is 1. The van der Waals surface area contributed by atoms with Gasteiger partial charge < -0.3 is 5.32 Å². The molecule has 0 atom stereocenters. The third-order valence-corrected chi connectivity index (χ3v) is 1.66. The molecule has 72 valence electrons. The number of nitrogens with zero attached hydrogens (tertiary/aromatic N) is 3. The molecule has 0 radical (unpaired) electrons. The number of aromatic nitrogens is 2. The Morgan fingerprint density at radius 2 is 2.36 bits per heavy atom. The van der Waals surface area contributed by atoms with Gasteiger partial charge in [0.25, 0.3) is 0 Å². The van der Waals surface area contributed by atoms with E-state index in [0.29, 0.717) is 5.82 Å². The molecule has 0 aromatic carbocycles. The Bertz CT molecular complexity index is 366. The molecule has 0 bridgehead atoms. The van der Waals surface area contributed by atoms with Gasteiger partial charge in [-0.1, -0.05) is 0 Å². The summed E-state index contributed by atoms with van der Waals surface area (Å²) in [5, 5.41) is 18.5. The minimum atomic E-state index is -1.06. The summed E-state index contributed by atoms with van der Waals surface area (Å²) in [6.07, 6.45) is 1.51. The van der Waals surface area contributed by atoms with Crippen molar-refractivity contribution in [3.05, 3.63) is 18.3 Å². The fourth-order valence-corrected chi connectivity index (χ4v) is 0.692. The maximum atomic E-state index is 11.5. The molecular weight excluding hydrogens is 180 g/mol. The average molecular weight is 190 g/mol. The molecule has 1 rings (SSSR count). The summed E-state index contributed by atoms with van der Waals surface area (Å²) in [5.74, 6) is -0.0404. The molecule has 14 heavy (non-hydrogen) atoms. The second-order valence-corrected chi connectivity index (χ2v) is 3.30. The molecule has 0 aliphatic heterocycles. The van der Waals surface area contributed by atoms with Crippen molar-refractivity contribution < 1.29 is 4.79 Å². The van der Waals surface area contributed by atoms with Gasteiger partial charge >= 0.3 is 0 Å². The molecule has 1 aromatic rings. The van der Waals surface area contributed by atoms with E-state index in [4.69, 9.17) is 5.26 Å². The first kappa shape index (κ1) is 10.1. The summed E-state index contributed by atoms with van der Waals surface area (Å²) in [6.45, 7) is 3.08. The van der Waals surface area contributed by atoms with Crippen LogP contribution >= 0.6 is 0 Å². The van der Waals surface area contributed by atoms with Gasteiger partial charge in [0.2, 0.25) is 5.91 Å². The first-order chi connectivity index (χ1) is 6.56. The molecule has 1 N–H and O–H groups in total. The van der Waals surface area contributed by atoms with Crippen LogP contribution in [0.4, 0.5) is 5.82 Å². The SMILES string of the molecule is CC(C)(C#N)C(=O)Nc1cccnn1. The summed E-state index contributed by atoms with van der Waals surface area (Å²) < 4.78 is 0. The number of nitriles is 1. The van der Waals surface area contributed by atoms with Gasteiger partial charge in [0, 0.05) is 6.20 Å². The zero-order valence-electron chi connectivity index (χ0n) is 7.98. The Hall–Kier alpha value is -1.96. The number of carbonyl (C=O) groups excluding carboxylic acids is 1. The van der Waals surface area contributed by atoms with Crippen LogP contribution in [0.25, 0.3) is 0 Å². The number of rotatable bonds is 2. The molecule has 0 aliphatic carbocycles. The van der Waals surface area contributed by atoms with Gasteiger partial charge in [-0.3, -0.25) is 4.79 Å². The van der Waals surface area contributed by atoms with Crippen LogP contribution in [0.2, 0.25) is 0 Å². The monoisotopic (exact) mass is 190 g/mol. The van der Waals surface area contributed by atoms with E-state index < -0.39 is 5.41 Å². The highest BCUT2D eigenvalue weighted by molar-refractivity contribution is 5.95. The van der Waals surface area contributed by atoms with Crippen LogP contribution in [-0.4, -0.2) is 16.1 Å². The zero-order chi connectivity index (χ0) is 10.6. The minimum Gasteiger partial charge on any atom is -0.308 e. The Balaban J connectivity index is 2.73. The second kappa shape index (κ2) is 3.83. The van der Waals surface area contributed by atoms with Crippen LogP contribution in [0.1, 0.15) is 13.8 Å². The van der Waals surface area contributed by atoms with Gasteiger partial charge in [-0.15, -0.1) is 5.10 Å². The molecule has 1 aromatic heterocycles. The molecule has 1 amide bonds. The lowest BCUT2D eigenvalue weighted by atomic mass is 9.95. The second-order valence-electron chi connectivity index (χ2n) is 3.30. The molecule has 1 heterocycles. The number of nitrogens with one attached hydrogen (secondary N) is 1. The molecule has 0 fully saturated rings. The number of anilines is 1. The Labute approximate surface area is 81.8 Å². The zero-order valence-corrected chi connectivity index (χ0v) is 7.98. The number of hydrogen-bond acceptors (Lipinski definition) is 4. The first-order valence-corrected chi connectivity index (χ1v) is 4.06. The smallest absolute Gasteiger partial charge is 0.245 e. The van der Waals surface area contributed by atoms with E-state index in [0.717, 1.165) is 0 Å². The van der Waals surface area contributed by atoms with E-state index in [-0.39, 0.29) is 5.91 Å². The van der Waals surface area contributed by atoms with Gasteiger partial charge in [-0.25, -0.2) is 0 Å². The fraction of sp³-hybridized carbons (Fsp3) is 0.333. The summed E-state index contributed by atoms with van der Waals surface area (Å²) in [7, 11) is 0. The highest BCUT2D eigenvalue weighted by atomic mass is 16.2. The van der Waals surface area contributed by atoms with Gasteiger partial charge in [-0.05, 0) is 26.0 Å². The van der Waals surface area contributed by atoms with Gasteiger partial charge in [-0.2, -0.15) is 10.4 Å². The van der Waals surface area contributed by atoms with E-state index in [1.165, 1.54) is 6.20 Å². The minimum absolute atomic E-state index is 0.348. The van der Waals surface area contributed by atoms with Crippen LogP contribution in [-0.2, 0) is 4.79 Å². The molecule has 5 nitrogen and oxygen atoms in total. The first-order valence-electron chi connectivity index (χ1n) is 4.06. The van der Waals surface area contributed by atoms with Crippen LogP contribution in [0.5, 0.6) is 0 Å². The van der Waals surface area contributed by atoms with E-state index in [9.17, 15) is 4.79 Å². The van der Waals surface area contributed by atoms with Gasteiger partial charge in [0.15, 0.2) is 5.82 Å². The molecule has 0 spiro atoms. The van der Waals surface area contributed by atoms with E-state index in [1.54, 1.807) is 26.0 Å².